The molecule has 0 saturated heterocycles. The average Bonchev–Trinajstić information content (AvgIpc) is 2.65. The molecule has 0 aliphatic heterocycles. The minimum atomic E-state index is 0.0828. The van der Waals surface area contributed by atoms with E-state index < -0.39 is 0 Å². The lowest BCUT2D eigenvalue weighted by Crippen LogP contribution is -2.37. The van der Waals surface area contributed by atoms with Gasteiger partial charge in [0.2, 0.25) is 0 Å². The molecule has 0 radical (unpaired) electrons. The van der Waals surface area contributed by atoms with Crippen molar-refractivity contribution in [3.63, 3.8) is 0 Å². The molecule has 15 heavy (non-hydrogen) atoms. The molecule has 0 fully saturated rings. The summed E-state index contributed by atoms with van der Waals surface area (Å²) in [4.78, 5) is 0. The first-order chi connectivity index (χ1) is 7.18. The van der Waals surface area contributed by atoms with E-state index in [0.29, 0.717) is 6.04 Å². The molecule has 0 aromatic heterocycles. The summed E-state index contributed by atoms with van der Waals surface area (Å²) in [6.07, 6.45) is 9.77. The summed E-state index contributed by atoms with van der Waals surface area (Å²) in [5, 5.41) is 3.47. The molecule has 2 heteroatoms. The van der Waals surface area contributed by atoms with Gasteiger partial charge in [0.15, 0.2) is 0 Å². The molecule has 2 nitrogen and oxygen atoms in total. The van der Waals surface area contributed by atoms with Gasteiger partial charge in [-0.25, -0.2) is 0 Å². The van der Waals surface area contributed by atoms with Gasteiger partial charge in [-0.3, -0.25) is 0 Å². The summed E-state index contributed by atoms with van der Waals surface area (Å²) in [5.41, 5.74) is 0.0828. The first-order valence-electron chi connectivity index (χ1n) is 5.87. The summed E-state index contributed by atoms with van der Waals surface area (Å²) in [5.74, 6) is 0. The molecule has 0 aromatic carbocycles. The van der Waals surface area contributed by atoms with Crippen molar-refractivity contribution in [2.24, 2.45) is 5.41 Å². The van der Waals surface area contributed by atoms with Crippen LogP contribution in [-0.4, -0.2) is 25.8 Å². The Labute approximate surface area is 93.4 Å². The van der Waals surface area contributed by atoms with Crippen LogP contribution in [0.2, 0.25) is 0 Å². The van der Waals surface area contributed by atoms with Crippen LogP contribution in [0.3, 0.4) is 0 Å². The maximum absolute atomic E-state index is 5.66. The molecule has 0 atom stereocenters. The maximum atomic E-state index is 5.66. The van der Waals surface area contributed by atoms with Crippen LogP contribution in [-0.2, 0) is 4.74 Å². The van der Waals surface area contributed by atoms with E-state index in [9.17, 15) is 0 Å². The van der Waals surface area contributed by atoms with Crippen molar-refractivity contribution < 1.29 is 4.74 Å². The van der Waals surface area contributed by atoms with Gasteiger partial charge in [-0.1, -0.05) is 45.1 Å². The highest BCUT2D eigenvalue weighted by Crippen LogP contribution is 2.25. The topological polar surface area (TPSA) is 21.3 Å². The highest BCUT2D eigenvalue weighted by molar-refractivity contribution is 5.25. The third kappa shape index (κ3) is 4.18. The van der Waals surface area contributed by atoms with E-state index in [1.165, 1.54) is 0 Å². The zero-order valence-corrected chi connectivity index (χ0v) is 10.1. The van der Waals surface area contributed by atoms with Crippen molar-refractivity contribution in [1.82, 2.24) is 5.32 Å². The predicted octanol–water partition coefficient (Wildman–Crippen LogP) is 2.52. The summed E-state index contributed by atoms with van der Waals surface area (Å²) < 4.78 is 5.66. The Morgan fingerprint density at radius 2 is 1.93 bits per heavy atom. The molecule has 0 amide bonds. The van der Waals surface area contributed by atoms with Crippen LogP contribution in [0.4, 0.5) is 0 Å². The lowest BCUT2D eigenvalue weighted by molar-refractivity contribution is 0.0877. The van der Waals surface area contributed by atoms with Gasteiger partial charge in [-0.05, 0) is 6.42 Å². The Morgan fingerprint density at radius 1 is 1.27 bits per heavy atom. The van der Waals surface area contributed by atoms with Crippen LogP contribution < -0.4 is 5.32 Å². The van der Waals surface area contributed by atoms with E-state index in [1.54, 1.807) is 0 Å². The van der Waals surface area contributed by atoms with E-state index in [4.69, 9.17) is 4.74 Å². The van der Waals surface area contributed by atoms with Crippen molar-refractivity contribution in [3.05, 3.63) is 24.3 Å². The highest BCUT2D eigenvalue weighted by Gasteiger charge is 2.26. The minimum absolute atomic E-state index is 0.0828. The Kier molecular flexibility index (Phi) is 5.06. The second kappa shape index (κ2) is 6.09. The Balaban J connectivity index is 2.41. The van der Waals surface area contributed by atoms with Crippen molar-refractivity contribution in [2.75, 3.05) is 19.8 Å². The van der Waals surface area contributed by atoms with Crippen LogP contribution >= 0.6 is 0 Å². The third-order valence-corrected chi connectivity index (χ3v) is 2.53. The van der Waals surface area contributed by atoms with Crippen LogP contribution in [0.25, 0.3) is 0 Å². The van der Waals surface area contributed by atoms with E-state index in [2.05, 4.69) is 50.4 Å². The van der Waals surface area contributed by atoms with Gasteiger partial charge in [-0.2, -0.15) is 0 Å². The molecule has 0 heterocycles. The van der Waals surface area contributed by atoms with Gasteiger partial charge in [0.05, 0.1) is 6.61 Å². The van der Waals surface area contributed by atoms with Crippen LogP contribution in [0.1, 0.15) is 27.2 Å². The number of allylic oxidation sites excluding steroid dienone is 2. The van der Waals surface area contributed by atoms with Gasteiger partial charge in [0.1, 0.15) is 0 Å². The zero-order valence-electron chi connectivity index (χ0n) is 10.1. The first-order valence-corrected chi connectivity index (χ1v) is 5.87. The normalized spacial score (nSPS) is 17.9. The average molecular weight is 209 g/mol. The lowest BCUT2D eigenvalue weighted by Gasteiger charge is -2.26. The first kappa shape index (κ1) is 12.5. The van der Waals surface area contributed by atoms with Gasteiger partial charge in [0, 0.05) is 24.6 Å². The molecule has 0 saturated carbocycles. The van der Waals surface area contributed by atoms with E-state index >= 15 is 0 Å². The molecular weight excluding hydrogens is 186 g/mol. The van der Waals surface area contributed by atoms with Crippen LogP contribution in [0, 0.1) is 5.41 Å². The van der Waals surface area contributed by atoms with E-state index in [1.807, 2.05) is 0 Å². The Morgan fingerprint density at radius 3 is 2.47 bits per heavy atom. The number of hydrogen-bond acceptors (Lipinski definition) is 2. The van der Waals surface area contributed by atoms with Crippen LogP contribution in [0.15, 0.2) is 24.3 Å². The quantitative estimate of drug-likeness (QED) is 0.651. The van der Waals surface area contributed by atoms with Crippen molar-refractivity contribution in [3.8, 4) is 0 Å². The molecule has 0 bridgehead atoms. The third-order valence-electron chi connectivity index (χ3n) is 2.53. The molecule has 1 N–H and O–H groups in total. The van der Waals surface area contributed by atoms with Gasteiger partial charge < -0.3 is 10.1 Å². The number of nitrogens with one attached hydrogen (secondary N) is 1. The van der Waals surface area contributed by atoms with Gasteiger partial charge in [-0.15, -0.1) is 0 Å². The molecule has 1 aliphatic rings. The molecule has 1 aliphatic carbocycles. The summed E-state index contributed by atoms with van der Waals surface area (Å²) in [6, 6.07) is 0.524. The predicted molar refractivity (Wildman–Crippen MR) is 65.0 cm³/mol. The lowest BCUT2D eigenvalue weighted by atomic mass is 9.91. The largest absolute Gasteiger partial charge is 0.380 e. The van der Waals surface area contributed by atoms with E-state index in [-0.39, 0.29) is 5.41 Å². The van der Waals surface area contributed by atoms with Crippen LogP contribution in [0.5, 0.6) is 0 Å². The van der Waals surface area contributed by atoms with E-state index in [0.717, 1.165) is 26.2 Å². The SMILES string of the molecule is CCCOCC1(CNC(C)C)C=CC=C1. The number of ether oxygens (including phenoxy) is 1. The monoisotopic (exact) mass is 209 g/mol. The molecule has 0 unspecified atom stereocenters. The number of hydrogen-bond donors (Lipinski definition) is 1. The van der Waals surface area contributed by atoms with Crippen molar-refractivity contribution in [2.45, 2.75) is 33.2 Å². The Hall–Kier alpha value is -0.600. The Bertz CT molecular complexity index is 219. The summed E-state index contributed by atoms with van der Waals surface area (Å²) >= 11 is 0. The number of rotatable bonds is 7. The van der Waals surface area contributed by atoms with Crippen molar-refractivity contribution in [1.29, 1.82) is 0 Å². The summed E-state index contributed by atoms with van der Waals surface area (Å²) in [7, 11) is 0. The standard InChI is InChI=1S/C13H23NO/c1-4-9-15-11-13(7-5-6-8-13)10-14-12(2)3/h5-8,12,14H,4,9-11H2,1-3H3. The summed E-state index contributed by atoms with van der Waals surface area (Å²) in [6.45, 7) is 9.07. The second-order valence-corrected chi connectivity index (χ2v) is 4.54. The van der Waals surface area contributed by atoms with Gasteiger partial charge in [0.25, 0.3) is 0 Å². The highest BCUT2D eigenvalue weighted by atomic mass is 16.5. The fraction of sp³-hybridized carbons (Fsp3) is 0.692. The zero-order chi connectivity index (χ0) is 11.1. The molecule has 86 valence electrons. The smallest absolute Gasteiger partial charge is 0.0604 e. The maximum Gasteiger partial charge on any atom is 0.0604 e. The molecule has 0 spiro atoms. The molecule has 1 rings (SSSR count). The fourth-order valence-electron chi connectivity index (χ4n) is 1.62. The molecular formula is C13H23NO. The second-order valence-electron chi connectivity index (χ2n) is 4.54. The van der Waals surface area contributed by atoms with Gasteiger partial charge >= 0.3 is 0 Å². The molecule has 0 aromatic rings. The fourth-order valence-corrected chi connectivity index (χ4v) is 1.62. The minimum Gasteiger partial charge on any atom is -0.380 e. The van der Waals surface area contributed by atoms with Crippen molar-refractivity contribution >= 4 is 0 Å².